The number of alkyl halides is 3. The molecular weight excluding hydrogens is 415 g/mol. The quantitative estimate of drug-likeness (QED) is 0.770. The van der Waals surface area contributed by atoms with Crippen LogP contribution in [0.3, 0.4) is 0 Å². The second-order valence-corrected chi connectivity index (χ2v) is 6.95. The van der Waals surface area contributed by atoms with Gasteiger partial charge in [-0.2, -0.15) is 13.2 Å². The number of rotatable bonds is 4. The van der Waals surface area contributed by atoms with E-state index in [1.165, 1.54) is 46.2 Å². The fourth-order valence-electron chi connectivity index (χ4n) is 3.26. The van der Waals surface area contributed by atoms with E-state index in [1.54, 1.807) is 0 Å². The lowest BCUT2D eigenvalue weighted by Crippen LogP contribution is -2.52. The zero-order valence-electron chi connectivity index (χ0n) is 16.4. The molecule has 0 spiro atoms. The number of hydrogen-bond acceptors (Lipinski definition) is 4. The summed E-state index contributed by atoms with van der Waals surface area (Å²) in [4.78, 5) is 39.7. The number of halogens is 3. The van der Waals surface area contributed by atoms with Crippen LogP contribution in [0.25, 0.3) is 0 Å². The summed E-state index contributed by atoms with van der Waals surface area (Å²) < 4.78 is 39.5. The first-order valence-electron chi connectivity index (χ1n) is 9.47. The van der Waals surface area contributed by atoms with E-state index in [2.05, 4.69) is 5.32 Å². The van der Waals surface area contributed by atoms with Gasteiger partial charge >= 0.3 is 6.18 Å². The molecule has 1 saturated heterocycles. The third-order valence-electron chi connectivity index (χ3n) is 4.89. The highest BCUT2D eigenvalue weighted by Gasteiger charge is 2.36. The number of amides is 3. The first-order valence-corrected chi connectivity index (χ1v) is 9.47. The van der Waals surface area contributed by atoms with Crippen LogP contribution in [0.5, 0.6) is 5.75 Å². The first kappa shape index (κ1) is 22.1. The lowest BCUT2D eigenvalue weighted by Gasteiger charge is -2.35. The lowest BCUT2D eigenvalue weighted by molar-refractivity contribution is -0.138. The number of phenolic OH excluding ortho intramolecular Hbond substituents is 1. The second-order valence-electron chi connectivity index (χ2n) is 6.95. The first-order chi connectivity index (χ1) is 14.7. The van der Waals surface area contributed by atoms with Crippen molar-refractivity contribution < 1.29 is 32.7 Å². The fraction of sp³-hybridized carbons (Fsp3) is 0.286. The number of nitrogens with zero attached hydrogens (tertiary/aromatic N) is 2. The summed E-state index contributed by atoms with van der Waals surface area (Å²) in [6.45, 7) is 0.162. The van der Waals surface area contributed by atoms with Gasteiger partial charge in [-0.25, -0.2) is 0 Å². The van der Waals surface area contributed by atoms with Crippen molar-refractivity contribution in [3.05, 3.63) is 65.2 Å². The third-order valence-corrected chi connectivity index (χ3v) is 4.89. The molecule has 0 aliphatic carbocycles. The van der Waals surface area contributed by atoms with E-state index in [4.69, 9.17) is 0 Å². The molecule has 164 valence electrons. The molecule has 7 nitrogen and oxygen atoms in total. The molecule has 10 heteroatoms. The topological polar surface area (TPSA) is 90.0 Å². The molecule has 0 bridgehead atoms. The Kier molecular flexibility index (Phi) is 6.47. The van der Waals surface area contributed by atoms with Crippen LogP contribution in [0.1, 0.15) is 26.3 Å². The minimum Gasteiger partial charge on any atom is -0.508 e. The van der Waals surface area contributed by atoms with Crippen molar-refractivity contribution in [2.45, 2.75) is 6.18 Å². The smallest absolute Gasteiger partial charge is 0.417 e. The maximum absolute atomic E-state index is 13.2. The Morgan fingerprint density at radius 2 is 1.58 bits per heavy atom. The Balaban J connectivity index is 1.54. The van der Waals surface area contributed by atoms with Gasteiger partial charge in [0.1, 0.15) is 5.75 Å². The molecule has 2 N–H and O–H groups in total. The number of carbonyl (C=O) groups excluding carboxylic acids is 3. The standard InChI is InChI=1S/C21H20F3N3O4/c22-21(23,24)17-7-2-1-6-16(17)20(31)27-10-8-26(9-11-27)18(29)13-25-19(30)14-4-3-5-15(28)12-14/h1-7,12,28H,8-11,13H2,(H,25,30). The Labute approximate surface area is 176 Å². The number of piperazine rings is 1. The highest BCUT2D eigenvalue weighted by molar-refractivity contribution is 5.97. The normalized spacial score (nSPS) is 14.3. The molecule has 0 atom stereocenters. The summed E-state index contributed by atoms with van der Waals surface area (Å²) in [6.07, 6.45) is -4.64. The molecule has 0 unspecified atom stereocenters. The summed E-state index contributed by atoms with van der Waals surface area (Å²) in [5.41, 5.74) is -1.21. The minimum atomic E-state index is -4.64. The van der Waals surface area contributed by atoms with Crippen LogP contribution in [0.15, 0.2) is 48.5 Å². The number of hydrogen-bond donors (Lipinski definition) is 2. The Morgan fingerprint density at radius 1 is 0.935 bits per heavy atom. The summed E-state index contributed by atoms with van der Waals surface area (Å²) >= 11 is 0. The van der Waals surface area contributed by atoms with E-state index in [9.17, 15) is 32.7 Å². The highest BCUT2D eigenvalue weighted by Crippen LogP contribution is 2.32. The van der Waals surface area contributed by atoms with E-state index in [-0.39, 0.29) is 49.9 Å². The number of benzene rings is 2. The summed E-state index contributed by atoms with van der Waals surface area (Å²) in [6, 6.07) is 10.3. The van der Waals surface area contributed by atoms with Crippen LogP contribution in [0.4, 0.5) is 13.2 Å². The van der Waals surface area contributed by atoms with E-state index < -0.39 is 29.1 Å². The number of nitrogens with one attached hydrogen (secondary N) is 1. The van der Waals surface area contributed by atoms with Crippen molar-refractivity contribution in [1.29, 1.82) is 0 Å². The van der Waals surface area contributed by atoms with Crippen LogP contribution >= 0.6 is 0 Å². The van der Waals surface area contributed by atoms with Gasteiger partial charge in [0.2, 0.25) is 5.91 Å². The monoisotopic (exact) mass is 435 g/mol. The zero-order chi connectivity index (χ0) is 22.6. The van der Waals surface area contributed by atoms with Gasteiger partial charge in [-0.05, 0) is 30.3 Å². The molecule has 1 fully saturated rings. The van der Waals surface area contributed by atoms with Crippen LogP contribution in [0, 0.1) is 0 Å². The van der Waals surface area contributed by atoms with E-state index in [0.29, 0.717) is 0 Å². The van der Waals surface area contributed by atoms with Crippen LogP contribution < -0.4 is 5.32 Å². The number of aromatic hydroxyl groups is 1. The molecular formula is C21H20F3N3O4. The third kappa shape index (κ3) is 5.33. The van der Waals surface area contributed by atoms with Gasteiger partial charge in [-0.1, -0.05) is 18.2 Å². The van der Waals surface area contributed by atoms with E-state index in [1.807, 2.05) is 0 Å². The average Bonchev–Trinajstić information content (AvgIpc) is 2.76. The van der Waals surface area contributed by atoms with Crippen molar-refractivity contribution in [2.24, 2.45) is 0 Å². The number of phenols is 1. The Bertz CT molecular complexity index is 986. The molecule has 0 aromatic heterocycles. The molecule has 1 heterocycles. The van der Waals surface area contributed by atoms with Gasteiger partial charge in [0.15, 0.2) is 0 Å². The van der Waals surface area contributed by atoms with Gasteiger partial charge in [0, 0.05) is 31.7 Å². The van der Waals surface area contributed by atoms with Crippen molar-refractivity contribution >= 4 is 17.7 Å². The van der Waals surface area contributed by atoms with Crippen molar-refractivity contribution in [2.75, 3.05) is 32.7 Å². The Morgan fingerprint density at radius 3 is 2.23 bits per heavy atom. The predicted octanol–water partition coefficient (Wildman–Crippen LogP) is 2.13. The van der Waals surface area contributed by atoms with Crippen molar-refractivity contribution in [1.82, 2.24) is 15.1 Å². The average molecular weight is 435 g/mol. The summed E-state index contributed by atoms with van der Waals surface area (Å²) in [5, 5.41) is 11.9. The molecule has 1 aliphatic heterocycles. The number of carbonyl (C=O) groups is 3. The molecule has 2 aromatic rings. The minimum absolute atomic E-state index is 0.0770. The molecule has 1 aliphatic rings. The zero-order valence-corrected chi connectivity index (χ0v) is 16.4. The SMILES string of the molecule is O=C(NCC(=O)N1CCN(C(=O)c2ccccc2C(F)(F)F)CC1)c1cccc(O)c1. The maximum Gasteiger partial charge on any atom is 0.417 e. The predicted molar refractivity (Wildman–Crippen MR) is 104 cm³/mol. The molecule has 0 saturated carbocycles. The van der Waals surface area contributed by atoms with Crippen molar-refractivity contribution in [3.63, 3.8) is 0 Å². The largest absolute Gasteiger partial charge is 0.508 e. The van der Waals surface area contributed by atoms with Crippen LogP contribution in [0.2, 0.25) is 0 Å². The van der Waals surface area contributed by atoms with Gasteiger partial charge in [0.25, 0.3) is 11.8 Å². The van der Waals surface area contributed by atoms with Crippen molar-refractivity contribution in [3.8, 4) is 5.75 Å². The molecule has 31 heavy (non-hydrogen) atoms. The molecule has 3 rings (SSSR count). The van der Waals surface area contributed by atoms with Gasteiger partial charge in [-0.3, -0.25) is 14.4 Å². The van der Waals surface area contributed by atoms with Gasteiger partial charge < -0.3 is 20.2 Å². The van der Waals surface area contributed by atoms with Gasteiger partial charge in [-0.15, -0.1) is 0 Å². The molecule has 3 amide bonds. The molecule has 2 aromatic carbocycles. The van der Waals surface area contributed by atoms with Crippen LogP contribution in [-0.4, -0.2) is 65.4 Å². The summed E-state index contributed by atoms with van der Waals surface area (Å²) in [5.74, 6) is -1.72. The van der Waals surface area contributed by atoms with Crippen LogP contribution in [-0.2, 0) is 11.0 Å². The summed E-state index contributed by atoms with van der Waals surface area (Å²) in [7, 11) is 0. The maximum atomic E-state index is 13.2. The fourth-order valence-corrected chi connectivity index (χ4v) is 3.26. The van der Waals surface area contributed by atoms with Gasteiger partial charge in [0.05, 0.1) is 17.7 Å². The molecule has 0 radical (unpaired) electrons. The highest BCUT2D eigenvalue weighted by atomic mass is 19.4. The van der Waals surface area contributed by atoms with E-state index in [0.717, 1.165) is 12.1 Å². The Hall–Kier alpha value is -3.56. The second kappa shape index (κ2) is 9.07. The lowest BCUT2D eigenvalue weighted by atomic mass is 10.1. The van der Waals surface area contributed by atoms with E-state index >= 15 is 0 Å².